The number of nitrogens with zero attached hydrogens (tertiary/aromatic N) is 3. The van der Waals surface area contributed by atoms with E-state index >= 15 is 0 Å². The lowest BCUT2D eigenvalue weighted by Gasteiger charge is -2.09. The Labute approximate surface area is 168 Å². The number of nitrogens with one attached hydrogen (secondary N) is 1. The number of fused-ring (bicyclic) bond motifs is 1. The molecule has 28 heavy (non-hydrogen) atoms. The van der Waals surface area contributed by atoms with Crippen molar-refractivity contribution < 1.29 is 4.79 Å². The number of thiophene rings is 1. The maximum Gasteiger partial charge on any atom is 0.272 e. The molecule has 0 saturated carbocycles. The lowest BCUT2D eigenvalue weighted by molar-refractivity contribution is 0.101. The molecule has 1 amide bonds. The fourth-order valence-electron chi connectivity index (χ4n) is 3.66. The number of benzene rings is 1. The Balaban J connectivity index is 1.55. The third-order valence-corrected chi connectivity index (χ3v) is 6.00. The second-order valence-corrected chi connectivity index (χ2v) is 7.85. The Morgan fingerprint density at radius 2 is 1.96 bits per heavy atom. The van der Waals surface area contributed by atoms with Gasteiger partial charge in [-0.05, 0) is 50.3 Å². The molecular weight excluding hydrogens is 368 g/mol. The summed E-state index contributed by atoms with van der Waals surface area (Å²) in [6.07, 6.45) is 0.908. The molecule has 3 heterocycles. The van der Waals surface area contributed by atoms with Crippen LogP contribution in [0.5, 0.6) is 0 Å². The highest BCUT2D eigenvalue weighted by Crippen LogP contribution is 2.27. The van der Waals surface area contributed by atoms with Gasteiger partial charge < -0.3 is 9.88 Å². The predicted molar refractivity (Wildman–Crippen MR) is 115 cm³/mol. The van der Waals surface area contributed by atoms with E-state index in [2.05, 4.69) is 57.6 Å². The van der Waals surface area contributed by atoms with E-state index < -0.39 is 0 Å². The van der Waals surface area contributed by atoms with Crippen LogP contribution in [0.1, 0.15) is 34.4 Å². The van der Waals surface area contributed by atoms with Gasteiger partial charge in [-0.1, -0.05) is 30.3 Å². The van der Waals surface area contributed by atoms with Crippen LogP contribution in [-0.4, -0.2) is 20.3 Å². The van der Waals surface area contributed by atoms with Crippen molar-refractivity contribution in [1.29, 1.82) is 0 Å². The zero-order valence-electron chi connectivity index (χ0n) is 16.4. The quantitative estimate of drug-likeness (QED) is 0.500. The molecule has 0 fully saturated rings. The lowest BCUT2D eigenvalue weighted by atomic mass is 10.1. The molecule has 1 aromatic carbocycles. The Hall–Kier alpha value is -2.86. The van der Waals surface area contributed by atoms with Crippen LogP contribution in [0.2, 0.25) is 0 Å². The van der Waals surface area contributed by atoms with E-state index in [4.69, 9.17) is 0 Å². The molecule has 0 saturated heterocycles. The molecule has 0 aliphatic carbocycles. The minimum atomic E-state index is -0.0842. The highest BCUT2D eigenvalue weighted by atomic mass is 32.1. The summed E-state index contributed by atoms with van der Waals surface area (Å²) in [5, 5.41) is 9.80. The van der Waals surface area contributed by atoms with E-state index in [0.717, 1.165) is 46.8 Å². The Morgan fingerprint density at radius 1 is 1.18 bits per heavy atom. The van der Waals surface area contributed by atoms with Crippen LogP contribution in [-0.2, 0) is 19.5 Å². The zero-order chi connectivity index (χ0) is 19.7. The second-order valence-electron chi connectivity index (χ2n) is 6.90. The molecule has 0 radical (unpaired) electrons. The summed E-state index contributed by atoms with van der Waals surface area (Å²) in [7, 11) is 0. The molecule has 0 atom stereocenters. The SMILES string of the molecule is CCn1c(C(=O)Nc2c(C)nn(CCc3ccccc3)c2C)cc2sccc21. The monoisotopic (exact) mass is 392 g/mol. The number of rotatable bonds is 6. The van der Waals surface area contributed by atoms with Gasteiger partial charge in [0.25, 0.3) is 5.91 Å². The van der Waals surface area contributed by atoms with E-state index in [9.17, 15) is 4.79 Å². The van der Waals surface area contributed by atoms with Gasteiger partial charge in [-0.3, -0.25) is 9.48 Å². The van der Waals surface area contributed by atoms with Crippen LogP contribution in [0.4, 0.5) is 5.69 Å². The molecular formula is C22H24N4OS. The van der Waals surface area contributed by atoms with Crippen molar-refractivity contribution in [3.05, 3.63) is 70.5 Å². The molecule has 0 aliphatic heterocycles. The van der Waals surface area contributed by atoms with Crippen molar-refractivity contribution in [3.63, 3.8) is 0 Å². The summed E-state index contributed by atoms with van der Waals surface area (Å²) in [6.45, 7) is 7.56. The minimum Gasteiger partial charge on any atom is -0.336 e. The van der Waals surface area contributed by atoms with E-state index in [1.165, 1.54) is 5.56 Å². The van der Waals surface area contributed by atoms with Gasteiger partial charge >= 0.3 is 0 Å². The van der Waals surface area contributed by atoms with Crippen LogP contribution in [0.3, 0.4) is 0 Å². The largest absolute Gasteiger partial charge is 0.336 e. The number of hydrogen-bond donors (Lipinski definition) is 1. The third-order valence-electron chi connectivity index (χ3n) is 5.15. The van der Waals surface area contributed by atoms with E-state index in [1.54, 1.807) is 11.3 Å². The Morgan fingerprint density at radius 3 is 2.71 bits per heavy atom. The van der Waals surface area contributed by atoms with Crippen molar-refractivity contribution in [3.8, 4) is 0 Å². The van der Waals surface area contributed by atoms with Crippen LogP contribution >= 0.6 is 11.3 Å². The summed E-state index contributed by atoms with van der Waals surface area (Å²) >= 11 is 1.66. The van der Waals surface area contributed by atoms with Crippen LogP contribution < -0.4 is 5.32 Å². The summed E-state index contributed by atoms with van der Waals surface area (Å²) < 4.78 is 5.18. The van der Waals surface area contributed by atoms with Crippen molar-refractivity contribution in [2.75, 3.05) is 5.32 Å². The van der Waals surface area contributed by atoms with Crippen molar-refractivity contribution in [2.45, 2.75) is 40.3 Å². The Bertz CT molecular complexity index is 1120. The summed E-state index contributed by atoms with van der Waals surface area (Å²) in [6, 6.07) is 14.4. The van der Waals surface area contributed by atoms with Crippen LogP contribution in [0, 0.1) is 13.8 Å². The summed E-state index contributed by atoms with van der Waals surface area (Å²) in [4.78, 5) is 13.0. The average molecular weight is 393 g/mol. The summed E-state index contributed by atoms with van der Waals surface area (Å²) in [5.41, 5.74) is 5.73. The highest BCUT2D eigenvalue weighted by molar-refractivity contribution is 7.17. The number of hydrogen-bond acceptors (Lipinski definition) is 3. The molecule has 0 spiro atoms. The van der Waals surface area contributed by atoms with Gasteiger partial charge in [0.15, 0.2) is 0 Å². The van der Waals surface area contributed by atoms with Gasteiger partial charge in [0, 0.05) is 13.1 Å². The van der Waals surface area contributed by atoms with Crippen molar-refractivity contribution >= 4 is 33.1 Å². The topological polar surface area (TPSA) is 51.9 Å². The first-order valence-corrected chi connectivity index (χ1v) is 10.4. The fraction of sp³-hybridized carbons (Fsp3) is 0.273. The first kappa shape index (κ1) is 18.5. The van der Waals surface area contributed by atoms with Crippen LogP contribution in [0.15, 0.2) is 47.8 Å². The van der Waals surface area contributed by atoms with Gasteiger partial charge in [-0.25, -0.2) is 0 Å². The fourth-order valence-corrected chi connectivity index (χ4v) is 4.48. The van der Waals surface area contributed by atoms with Crippen molar-refractivity contribution in [2.24, 2.45) is 0 Å². The molecule has 144 valence electrons. The first-order chi connectivity index (χ1) is 13.6. The molecule has 1 N–H and O–H groups in total. The molecule has 0 aliphatic rings. The van der Waals surface area contributed by atoms with Gasteiger partial charge in [0.1, 0.15) is 5.69 Å². The standard InChI is InChI=1S/C22H24N4OS/c1-4-25-18-11-13-28-20(18)14-19(25)22(27)23-21-15(2)24-26(16(21)3)12-10-17-8-6-5-7-9-17/h5-9,11,13-14H,4,10,12H2,1-3H3,(H,23,27). The lowest BCUT2D eigenvalue weighted by Crippen LogP contribution is -2.17. The molecule has 4 aromatic rings. The number of anilines is 1. The molecule has 3 aromatic heterocycles. The van der Waals surface area contributed by atoms with Gasteiger partial charge in [0.05, 0.1) is 27.3 Å². The normalized spacial score (nSPS) is 11.2. The number of aromatic nitrogens is 3. The van der Waals surface area contributed by atoms with Gasteiger partial charge in [-0.15, -0.1) is 11.3 Å². The smallest absolute Gasteiger partial charge is 0.272 e. The zero-order valence-corrected chi connectivity index (χ0v) is 17.2. The molecule has 5 nitrogen and oxygen atoms in total. The third kappa shape index (κ3) is 3.36. The first-order valence-electron chi connectivity index (χ1n) is 9.54. The molecule has 0 unspecified atom stereocenters. The molecule has 4 rings (SSSR count). The highest BCUT2D eigenvalue weighted by Gasteiger charge is 2.19. The minimum absolute atomic E-state index is 0.0842. The van der Waals surface area contributed by atoms with Crippen molar-refractivity contribution in [1.82, 2.24) is 14.3 Å². The molecule has 6 heteroatoms. The predicted octanol–water partition coefficient (Wildman–Crippen LogP) is 5.03. The van der Waals surface area contributed by atoms with E-state index in [-0.39, 0.29) is 5.91 Å². The maximum atomic E-state index is 13.0. The van der Waals surface area contributed by atoms with Gasteiger partial charge in [0.2, 0.25) is 0 Å². The number of amides is 1. The number of carbonyl (C=O) groups is 1. The summed E-state index contributed by atoms with van der Waals surface area (Å²) in [5.74, 6) is -0.0842. The maximum absolute atomic E-state index is 13.0. The van der Waals surface area contributed by atoms with E-state index in [0.29, 0.717) is 5.69 Å². The van der Waals surface area contributed by atoms with Gasteiger partial charge in [-0.2, -0.15) is 5.10 Å². The number of carbonyl (C=O) groups excluding carboxylic acids is 1. The molecule has 0 bridgehead atoms. The van der Waals surface area contributed by atoms with E-state index in [1.807, 2.05) is 30.7 Å². The Kier molecular flexibility index (Phi) is 5.05. The number of aryl methyl sites for hydroxylation is 4. The average Bonchev–Trinajstić information content (AvgIpc) is 3.36. The van der Waals surface area contributed by atoms with Crippen LogP contribution in [0.25, 0.3) is 10.2 Å². The second kappa shape index (κ2) is 7.64.